The minimum atomic E-state index is -0.433. The predicted molar refractivity (Wildman–Crippen MR) is 115 cm³/mol. The molecule has 1 N–H and O–H groups in total. The number of aryl methyl sites for hydroxylation is 2. The lowest BCUT2D eigenvalue weighted by Gasteiger charge is -2.10. The van der Waals surface area contributed by atoms with Crippen LogP contribution in [0.15, 0.2) is 33.9 Å². The number of imidazole rings is 1. The number of rotatable bonds is 8. The molecule has 0 atom stereocenters. The van der Waals surface area contributed by atoms with Crippen molar-refractivity contribution in [3.63, 3.8) is 0 Å². The molecule has 9 heteroatoms. The van der Waals surface area contributed by atoms with Gasteiger partial charge in [-0.2, -0.15) is 4.98 Å². The fourth-order valence-electron chi connectivity index (χ4n) is 3.13. The molecular weight excluding hydrogens is 394 g/mol. The normalized spacial score (nSPS) is 11.5. The second-order valence-electron chi connectivity index (χ2n) is 7.19. The molecule has 0 aliphatic rings. The molecule has 3 rings (SSSR count). The number of aromatic nitrogens is 4. The third-order valence-corrected chi connectivity index (χ3v) is 5.07. The van der Waals surface area contributed by atoms with E-state index in [0.717, 1.165) is 6.42 Å². The van der Waals surface area contributed by atoms with Gasteiger partial charge in [0.15, 0.2) is 11.2 Å². The molecule has 2 heterocycles. The average molecular weight is 420 g/mol. The van der Waals surface area contributed by atoms with E-state index in [2.05, 4.69) is 10.3 Å². The highest BCUT2D eigenvalue weighted by Crippen LogP contribution is 2.17. The molecule has 0 bridgehead atoms. The van der Waals surface area contributed by atoms with Crippen LogP contribution in [0.5, 0.6) is 0 Å². The van der Waals surface area contributed by atoms with Crippen molar-refractivity contribution in [2.24, 2.45) is 14.1 Å². The number of halogens is 1. The van der Waals surface area contributed by atoms with E-state index in [1.54, 1.807) is 36.9 Å². The quantitative estimate of drug-likeness (QED) is 0.567. The molecule has 8 nitrogen and oxygen atoms in total. The minimum Gasteiger partial charge on any atom is -0.379 e. The van der Waals surface area contributed by atoms with Crippen LogP contribution in [0.1, 0.15) is 25.8 Å². The van der Waals surface area contributed by atoms with Crippen LogP contribution in [0.25, 0.3) is 11.2 Å². The third kappa shape index (κ3) is 4.38. The Morgan fingerprint density at radius 1 is 1.17 bits per heavy atom. The van der Waals surface area contributed by atoms with Crippen LogP contribution in [-0.4, -0.2) is 37.9 Å². The van der Waals surface area contributed by atoms with Crippen LogP contribution in [0, 0.1) is 0 Å². The first-order chi connectivity index (χ1) is 13.8. The van der Waals surface area contributed by atoms with E-state index >= 15 is 0 Å². The van der Waals surface area contributed by atoms with E-state index in [4.69, 9.17) is 16.3 Å². The number of ether oxygens (including phenoxy) is 1. The van der Waals surface area contributed by atoms with Gasteiger partial charge >= 0.3 is 5.69 Å². The Labute approximate surface area is 173 Å². The summed E-state index contributed by atoms with van der Waals surface area (Å²) >= 11 is 6.21. The minimum absolute atomic E-state index is 0.0988. The number of fused-ring (bicyclic) bond motifs is 1. The van der Waals surface area contributed by atoms with Gasteiger partial charge in [-0.25, -0.2) is 4.79 Å². The molecule has 0 radical (unpaired) electrons. The van der Waals surface area contributed by atoms with Gasteiger partial charge in [0, 0.05) is 32.3 Å². The zero-order chi connectivity index (χ0) is 21.1. The van der Waals surface area contributed by atoms with Gasteiger partial charge in [-0.05, 0) is 31.9 Å². The summed E-state index contributed by atoms with van der Waals surface area (Å²) in [6.07, 6.45) is 0.994. The average Bonchev–Trinajstić information content (AvgIpc) is 3.01. The van der Waals surface area contributed by atoms with Gasteiger partial charge in [0.2, 0.25) is 5.95 Å². The highest BCUT2D eigenvalue weighted by Gasteiger charge is 2.19. The van der Waals surface area contributed by atoms with Gasteiger partial charge < -0.3 is 14.6 Å². The molecule has 0 spiro atoms. The monoisotopic (exact) mass is 419 g/mol. The van der Waals surface area contributed by atoms with Crippen molar-refractivity contribution in [3.8, 4) is 0 Å². The summed E-state index contributed by atoms with van der Waals surface area (Å²) in [5.74, 6) is 0.534. The van der Waals surface area contributed by atoms with Gasteiger partial charge in [0.1, 0.15) is 0 Å². The summed E-state index contributed by atoms with van der Waals surface area (Å²) < 4.78 is 9.79. The Morgan fingerprint density at radius 2 is 1.90 bits per heavy atom. The molecule has 3 aromatic rings. The van der Waals surface area contributed by atoms with E-state index in [1.165, 1.54) is 9.13 Å². The maximum Gasteiger partial charge on any atom is 0.332 e. The van der Waals surface area contributed by atoms with Crippen LogP contribution in [-0.2, 0) is 25.4 Å². The topological polar surface area (TPSA) is 83.1 Å². The van der Waals surface area contributed by atoms with E-state index in [1.807, 2.05) is 19.9 Å². The number of anilines is 1. The molecule has 0 unspecified atom stereocenters. The molecule has 0 aliphatic carbocycles. The van der Waals surface area contributed by atoms with Gasteiger partial charge in [-0.3, -0.25) is 13.9 Å². The van der Waals surface area contributed by atoms with Crippen molar-refractivity contribution in [3.05, 3.63) is 55.7 Å². The van der Waals surface area contributed by atoms with E-state index in [-0.39, 0.29) is 12.6 Å². The summed E-state index contributed by atoms with van der Waals surface area (Å²) in [5.41, 5.74) is 0.587. The number of hydrogen-bond donors (Lipinski definition) is 1. The number of benzene rings is 1. The van der Waals surface area contributed by atoms with E-state index in [0.29, 0.717) is 40.8 Å². The summed E-state index contributed by atoms with van der Waals surface area (Å²) in [5, 5.41) is 3.73. The van der Waals surface area contributed by atoms with Crippen LogP contribution in [0.3, 0.4) is 0 Å². The van der Waals surface area contributed by atoms with Crippen molar-refractivity contribution < 1.29 is 4.74 Å². The second kappa shape index (κ2) is 8.84. The SMILES string of the molecule is CC(C)OCCCNc1nc2c(c(=O)n(Cc3ccccc3Cl)c(=O)n2C)n1C. The fourth-order valence-corrected chi connectivity index (χ4v) is 3.32. The third-order valence-electron chi connectivity index (χ3n) is 4.70. The maximum absolute atomic E-state index is 13.1. The first-order valence-corrected chi connectivity index (χ1v) is 9.94. The van der Waals surface area contributed by atoms with Crippen molar-refractivity contribution in [2.45, 2.75) is 32.9 Å². The smallest absolute Gasteiger partial charge is 0.332 e. The van der Waals surface area contributed by atoms with E-state index in [9.17, 15) is 9.59 Å². The lowest BCUT2D eigenvalue weighted by Crippen LogP contribution is -2.39. The standard InChI is InChI=1S/C20H26ClN5O3/c1-13(2)29-11-7-10-22-19-23-17-16(24(19)3)18(27)26(20(28)25(17)4)12-14-8-5-6-9-15(14)21/h5-6,8-9,13H,7,10-12H2,1-4H3,(H,22,23). The maximum atomic E-state index is 13.1. The van der Waals surface area contributed by atoms with Gasteiger partial charge in [-0.1, -0.05) is 29.8 Å². The van der Waals surface area contributed by atoms with Gasteiger partial charge in [0.25, 0.3) is 5.56 Å². The molecule has 156 valence electrons. The van der Waals surface area contributed by atoms with Crippen LogP contribution < -0.4 is 16.6 Å². The molecule has 0 amide bonds. The zero-order valence-corrected chi connectivity index (χ0v) is 17.9. The fraction of sp³-hybridized carbons (Fsp3) is 0.450. The van der Waals surface area contributed by atoms with Gasteiger partial charge in [0.05, 0.1) is 12.6 Å². The first kappa shape index (κ1) is 21.1. The Morgan fingerprint density at radius 3 is 2.59 bits per heavy atom. The zero-order valence-electron chi connectivity index (χ0n) is 17.1. The van der Waals surface area contributed by atoms with Crippen LogP contribution in [0.2, 0.25) is 5.02 Å². The summed E-state index contributed by atoms with van der Waals surface area (Å²) in [6, 6.07) is 7.17. The molecule has 0 saturated heterocycles. The Hall–Kier alpha value is -2.58. The van der Waals surface area contributed by atoms with Crippen LogP contribution in [0.4, 0.5) is 5.95 Å². The Balaban J connectivity index is 1.94. The number of nitrogens with one attached hydrogen (secondary N) is 1. The van der Waals surface area contributed by atoms with Crippen molar-refractivity contribution in [1.82, 2.24) is 18.7 Å². The highest BCUT2D eigenvalue weighted by molar-refractivity contribution is 6.31. The van der Waals surface area contributed by atoms with Crippen LogP contribution >= 0.6 is 11.6 Å². The molecule has 0 fully saturated rings. The summed E-state index contributed by atoms with van der Waals surface area (Å²) in [6.45, 7) is 5.37. The largest absolute Gasteiger partial charge is 0.379 e. The highest BCUT2D eigenvalue weighted by atomic mass is 35.5. The summed E-state index contributed by atoms with van der Waals surface area (Å²) in [7, 11) is 3.37. The van der Waals surface area contributed by atoms with Crippen molar-refractivity contribution >= 4 is 28.7 Å². The Kier molecular flexibility index (Phi) is 6.44. The van der Waals surface area contributed by atoms with Crippen molar-refractivity contribution in [2.75, 3.05) is 18.5 Å². The van der Waals surface area contributed by atoms with E-state index < -0.39 is 11.2 Å². The molecule has 29 heavy (non-hydrogen) atoms. The predicted octanol–water partition coefficient (Wildman–Crippen LogP) is 2.36. The molecule has 0 aliphatic heterocycles. The second-order valence-corrected chi connectivity index (χ2v) is 7.60. The molecular formula is C20H26ClN5O3. The lowest BCUT2D eigenvalue weighted by atomic mass is 10.2. The number of hydrogen-bond acceptors (Lipinski definition) is 5. The molecule has 1 aromatic carbocycles. The van der Waals surface area contributed by atoms with Gasteiger partial charge in [-0.15, -0.1) is 0 Å². The lowest BCUT2D eigenvalue weighted by molar-refractivity contribution is 0.0787. The molecule has 0 saturated carbocycles. The number of nitrogens with zero attached hydrogens (tertiary/aromatic N) is 4. The van der Waals surface area contributed by atoms with Crippen molar-refractivity contribution in [1.29, 1.82) is 0 Å². The first-order valence-electron chi connectivity index (χ1n) is 9.56. The molecule has 2 aromatic heterocycles. The summed E-state index contributed by atoms with van der Waals surface area (Å²) in [4.78, 5) is 30.4. The Bertz CT molecular complexity index is 1130.